The monoisotopic (exact) mass is 282 g/mol. The molecule has 2 rings (SSSR count). The van der Waals surface area contributed by atoms with E-state index in [4.69, 9.17) is 0 Å². The molecule has 0 aliphatic rings. The van der Waals surface area contributed by atoms with Crippen LogP contribution in [0.2, 0.25) is 0 Å². The average molecular weight is 282 g/mol. The van der Waals surface area contributed by atoms with E-state index in [1.54, 1.807) is 22.7 Å². The Balaban J connectivity index is 1.83. The second-order valence-corrected chi connectivity index (χ2v) is 5.83. The molecule has 0 aliphatic heterocycles. The van der Waals surface area contributed by atoms with Crippen LogP contribution in [0.4, 0.5) is 0 Å². The van der Waals surface area contributed by atoms with Gasteiger partial charge in [-0.1, -0.05) is 6.92 Å². The zero-order chi connectivity index (χ0) is 12.8. The van der Waals surface area contributed by atoms with Crippen molar-refractivity contribution in [3.63, 3.8) is 0 Å². The summed E-state index contributed by atoms with van der Waals surface area (Å²) >= 11 is 3.37. The molecule has 0 fully saturated rings. The van der Waals surface area contributed by atoms with Crippen LogP contribution in [0, 0.1) is 0 Å². The highest BCUT2D eigenvalue weighted by atomic mass is 32.1. The van der Waals surface area contributed by atoms with Gasteiger partial charge in [0.2, 0.25) is 0 Å². The molecular weight excluding hydrogens is 264 g/mol. The van der Waals surface area contributed by atoms with Crippen LogP contribution in [0.25, 0.3) is 0 Å². The van der Waals surface area contributed by atoms with Gasteiger partial charge in [0.25, 0.3) is 0 Å². The molecule has 4 nitrogen and oxygen atoms in total. The van der Waals surface area contributed by atoms with Gasteiger partial charge in [0.1, 0.15) is 5.01 Å². The smallest absolute Gasteiger partial charge is 0.107 e. The first-order valence-electron chi connectivity index (χ1n) is 5.97. The largest absolute Gasteiger partial charge is 0.311 e. The zero-order valence-electron chi connectivity index (χ0n) is 10.7. The molecule has 18 heavy (non-hydrogen) atoms. The van der Waals surface area contributed by atoms with Crippen molar-refractivity contribution in [2.45, 2.75) is 26.6 Å². The molecule has 0 saturated carbocycles. The molecule has 2 heterocycles. The van der Waals surface area contributed by atoms with E-state index in [0.29, 0.717) is 0 Å². The number of hydrogen-bond donors (Lipinski definition) is 1. The third-order valence-corrected chi connectivity index (χ3v) is 4.01. The lowest BCUT2D eigenvalue weighted by molar-refractivity contribution is 0.312. The van der Waals surface area contributed by atoms with Crippen LogP contribution in [0.15, 0.2) is 16.3 Å². The van der Waals surface area contributed by atoms with Gasteiger partial charge in [0.15, 0.2) is 0 Å². The summed E-state index contributed by atoms with van der Waals surface area (Å²) in [4.78, 5) is 11.1. The van der Waals surface area contributed by atoms with Gasteiger partial charge in [0, 0.05) is 30.4 Å². The molecule has 0 bridgehead atoms. The third-order valence-electron chi connectivity index (χ3n) is 2.47. The van der Waals surface area contributed by atoms with Gasteiger partial charge in [-0.3, -0.25) is 4.90 Å². The van der Waals surface area contributed by atoms with Gasteiger partial charge >= 0.3 is 0 Å². The van der Waals surface area contributed by atoms with Crippen LogP contribution >= 0.6 is 22.7 Å². The predicted molar refractivity (Wildman–Crippen MR) is 76.8 cm³/mol. The molecule has 0 atom stereocenters. The summed E-state index contributed by atoms with van der Waals surface area (Å²) in [5.41, 5.74) is 4.15. The lowest BCUT2D eigenvalue weighted by Gasteiger charge is -2.13. The van der Waals surface area contributed by atoms with Gasteiger partial charge in [0.05, 0.1) is 16.9 Å². The molecule has 0 aromatic carbocycles. The summed E-state index contributed by atoms with van der Waals surface area (Å²) in [5.74, 6) is 0. The molecule has 98 valence electrons. The summed E-state index contributed by atoms with van der Waals surface area (Å²) < 4.78 is 0. The quantitative estimate of drug-likeness (QED) is 0.846. The Morgan fingerprint density at radius 3 is 2.83 bits per heavy atom. The van der Waals surface area contributed by atoms with E-state index in [0.717, 1.165) is 42.6 Å². The number of hydrogen-bond acceptors (Lipinski definition) is 6. The topological polar surface area (TPSA) is 41.1 Å². The SMILES string of the molecule is CCNCc1nc(CN(C)Cc2cscn2)cs1. The second kappa shape index (κ2) is 6.94. The maximum absolute atomic E-state index is 4.61. The summed E-state index contributed by atoms with van der Waals surface area (Å²) in [6.45, 7) is 5.72. The van der Waals surface area contributed by atoms with E-state index in [9.17, 15) is 0 Å². The van der Waals surface area contributed by atoms with Crippen molar-refractivity contribution in [1.29, 1.82) is 0 Å². The summed E-state index contributed by atoms with van der Waals surface area (Å²) in [5, 5.41) is 8.69. The fraction of sp³-hybridized carbons (Fsp3) is 0.500. The van der Waals surface area contributed by atoms with Gasteiger partial charge in [-0.05, 0) is 13.6 Å². The van der Waals surface area contributed by atoms with Gasteiger partial charge in [-0.2, -0.15) is 0 Å². The van der Waals surface area contributed by atoms with Crippen molar-refractivity contribution in [3.05, 3.63) is 32.7 Å². The van der Waals surface area contributed by atoms with E-state index in [1.165, 1.54) is 0 Å². The lowest BCUT2D eigenvalue weighted by Crippen LogP contribution is -2.18. The molecular formula is C12H18N4S2. The minimum Gasteiger partial charge on any atom is -0.311 e. The van der Waals surface area contributed by atoms with Crippen LogP contribution in [0.5, 0.6) is 0 Å². The maximum atomic E-state index is 4.61. The number of nitrogens with zero attached hydrogens (tertiary/aromatic N) is 3. The van der Waals surface area contributed by atoms with Crippen molar-refractivity contribution in [3.8, 4) is 0 Å². The zero-order valence-corrected chi connectivity index (χ0v) is 12.4. The van der Waals surface area contributed by atoms with Crippen LogP contribution < -0.4 is 5.32 Å². The second-order valence-electron chi connectivity index (χ2n) is 4.16. The summed E-state index contributed by atoms with van der Waals surface area (Å²) in [7, 11) is 2.10. The number of nitrogens with one attached hydrogen (secondary N) is 1. The average Bonchev–Trinajstić information content (AvgIpc) is 2.98. The van der Waals surface area contributed by atoms with Crippen LogP contribution in [0.1, 0.15) is 23.3 Å². The van der Waals surface area contributed by atoms with Gasteiger partial charge in [-0.25, -0.2) is 9.97 Å². The predicted octanol–water partition coefficient (Wildman–Crippen LogP) is 2.34. The highest BCUT2D eigenvalue weighted by Crippen LogP contribution is 2.12. The van der Waals surface area contributed by atoms with E-state index < -0.39 is 0 Å². The summed E-state index contributed by atoms with van der Waals surface area (Å²) in [6.07, 6.45) is 0. The van der Waals surface area contributed by atoms with Gasteiger partial charge in [-0.15, -0.1) is 22.7 Å². The van der Waals surface area contributed by atoms with Crippen molar-refractivity contribution in [2.75, 3.05) is 13.6 Å². The van der Waals surface area contributed by atoms with Gasteiger partial charge < -0.3 is 5.32 Å². The van der Waals surface area contributed by atoms with E-state index in [2.05, 4.69) is 44.9 Å². The summed E-state index contributed by atoms with van der Waals surface area (Å²) in [6, 6.07) is 0. The van der Waals surface area contributed by atoms with Crippen molar-refractivity contribution in [2.24, 2.45) is 0 Å². The minimum atomic E-state index is 0.872. The Morgan fingerprint density at radius 1 is 1.28 bits per heavy atom. The molecule has 2 aromatic rings. The molecule has 2 aromatic heterocycles. The van der Waals surface area contributed by atoms with Crippen molar-refractivity contribution >= 4 is 22.7 Å². The molecule has 6 heteroatoms. The first-order valence-corrected chi connectivity index (χ1v) is 7.79. The Morgan fingerprint density at radius 2 is 2.11 bits per heavy atom. The van der Waals surface area contributed by atoms with E-state index >= 15 is 0 Å². The number of rotatable bonds is 7. The van der Waals surface area contributed by atoms with Crippen LogP contribution in [-0.4, -0.2) is 28.5 Å². The van der Waals surface area contributed by atoms with Crippen LogP contribution in [0.3, 0.4) is 0 Å². The molecule has 0 radical (unpaired) electrons. The maximum Gasteiger partial charge on any atom is 0.107 e. The molecule has 0 aliphatic carbocycles. The molecule has 0 amide bonds. The number of thiazole rings is 2. The fourth-order valence-electron chi connectivity index (χ4n) is 1.66. The Labute approximate surface area is 116 Å². The van der Waals surface area contributed by atoms with Crippen molar-refractivity contribution < 1.29 is 0 Å². The first kappa shape index (κ1) is 13.6. The molecule has 0 unspecified atom stereocenters. The highest BCUT2D eigenvalue weighted by Gasteiger charge is 2.06. The van der Waals surface area contributed by atoms with Crippen molar-refractivity contribution in [1.82, 2.24) is 20.2 Å². The van der Waals surface area contributed by atoms with E-state index in [1.807, 2.05) is 5.51 Å². The minimum absolute atomic E-state index is 0.872. The molecule has 0 saturated heterocycles. The normalized spacial score (nSPS) is 11.3. The Kier molecular flexibility index (Phi) is 5.25. The Bertz CT molecular complexity index is 452. The molecule has 1 N–H and O–H groups in total. The lowest BCUT2D eigenvalue weighted by atomic mass is 10.4. The number of aromatic nitrogens is 2. The highest BCUT2D eigenvalue weighted by molar-refractivity contribution is 7.09. The molecule has 0 spiro atoms. The van der Waals surface area contributed by atoms with E-state index in [-0.39, 0.29) is 0 Å². The van der Waals surface area contributed by atoms with Crippen LogP contribution in [-0.2, 0) is 19.6 Å². The fourth-order valence-corrected chi connectivity index (χ4v) is 2.96. The third kappa shape index (κ3) is 4.13. The standard InChI is InChI=1S/C12H18N4S2/c1-3-13-4-12-15-11(8-18-12)6-16(2)5-10-7-17-9-14-10/h7-9,13H,3-6H2,1-2H3. The first-order chi connectivity index (χ1) is 8.78. The Hall–Kier alpha value is -0.820.